The Morgan fingerprint density at radius 3 is 2.25 bits per heavy atom. The summed E-state index contributed by atoms with van der Waals surface area (Å²) < 4.78 is 1.67. The maximum absolute atomic E-state index is 10.6. The minimum Gasteiger partial charge on any atom is -0.388 e. The van der Waals surface area contributed by atoms with Crippen molar-refractivity contribution in [1.29, 1.82) is 0 Å². The van der Waals surface area contributed by atoms with E-state index in [1.54, 1.807) is 0 Å². The van der Waals surface area contributed by atoms with Crippen LogP contribution in [0.1, 0.15) is 55.9 Å². The number of aliphatic hydroxyl groups is 1. The molecule has 4 heteroatoms. The molecular formula is C16H20BrClOS. The van der Waals surface area contributed by atoms with Crippen molar-refractivity contribution in [2.75, 3.05) is 0 Å². The second-order valence-electron chi connectivity index (χ2n) is 7.41. The molecular weight excluding hydrogens is 356 g/mol. The van der Waals surface area contributed by atoms with Gasteiger partial charge in [-0.15, -0.1) is 11.3 Å². The van der Waals surface area contributed by atoms with Crippen molar-refractivity contribution < 1.29 is 5.11 Å². The summed E-state index contributed by atoms with van der Waals surface area (Å²) in [4.78, 5) is 1.03. The van der Waals surface area contributed by atoms with Gasteiger partial charge in [-0.2, -0.15) is 0 Å². The van der Waals surface area contributed by atoms with Crippen molar-refractivity contribution in [2.24, 2.45) is 23.2 Å². The van der Waals surface area contributed by atoms with Crippen LogP contribution in [-0.4, -0.2) is 5.11 Å². The van der Waals surface area contributed by atoms with Gasteiger partial charge < -0.3 is 5.11 Å². The summed E-state index contributed by atoms with van der Waals surface area (Å²) >= 11 is 11.1. The van der Waals surface area contributed by atoms with E-state index in [2.05, 4.69) is 15.9 Å². The molecule has 1 aromatic rings. The van der Waals surface area contributed by atoms with E-state index in [1.807, 2.05) is 6.07 Å². The van der Waals surface area contributed by atoms with Gasteiger partial charge in [0.15, 0.2) is 0 Å². The summed E-state index contributed by atoms with van der Waals surface area (Å²) in [7, 11) is 0. The van der Waals surface area contributed by atoms with Crippen molar-refractivity contribution in [2.45, 2.75) is 51.0 Å². The summed E-state index contributed by atoms with van der Waals surface area (Å²) in [6.07, 6.45) is 9.08. The molecule has 1 N–H and O–H groups in total. The molecule has 4 aliphatic rings. The van der Waals surface area contributed by atoms with Crippen LogP contribution in [0.4, 0.5) is 0 Å². The van der Waals surface area contributed by atoms with Crippen LogP contribution in [-0.2, 0) is 0 Å². The maximum atomic E-state index is 10.6. The first-order chi connectivity index (χ1) is 9.53. The van der Waals surface area contributed by atoms with Gasteiger partial charge in [0.05, 0.1) is 6.10 Å². The Kier molecular flexibility index (Phi) is 3.49. The van der Waals surface area contributed by atoms with E-state index in [9.17, 15) is 5.11 Å². The van der Waals surface area contributed by atoms with Crippen LogP contribution < -0.4 is 0 Å². The zero-order chi connectivity index (χ0) is 13.9. The minimum atomic E-state index is -0.333. The number of hydrogen-bond donors (Lipinski definition) is 1. The highest BCUT2D eigenvalue weighted by Crippen LogP contribution is 2.62. The molecule has 4 aliphatic carbocycles. The molecule has 0 radical (unpaired) electrons. The minimum absolute atomic E-state index is 0.333. The van der Waals surface area contributed by atoms with Crippen molar-refractivity contribution in [1.82, 2.24) is 0 Å². The summed E-state index contributed by atoms with van der Waals surface area (Å²) in [5.74, 6) is 2.85. The van der Waals surface area contributed by atoms with Gasteiger partial charge in [0.1, 0.15) is 4.34 Å². The quantitative estimate of drug-likeness (QED) is 0.707. The zero-order valence-corrected chi connectivity index (χ0v) is 14.6. The molecule has 0 aliphatic heterocycles. The molecule has 0 amide bonds. The lowest BCUT2D eigenvalue weighted by Crippen LogP contribution is -2.46. The van der Waals surface area contributed by atoms with Gasteiger partial charge >= 0.3 is 0 Å². The first-order valence-electron chi connectivity index (χ1n) is 7.66. The van der Waals surface area contributed by atoms with E-state index in [0.717, 1.165) is 37.9 Å². The lowest BCUT2D eigenvalue weighted by atomic mass is 9.48. The maximum Gasteiger partial charge on any atom is 0.107 e. The predicted molar refractivity (Wildman–Crippen MR) is 87.2 cm³/mol. The van der Waals surface area contributed by atoms with Gasteiger partial charge in [0.25, 0.3) is 0 Å². The van der Waals surface area contributed by atoms with Crippen LogP contribution in [0.5, 0.6) is 0 Å². The summed E-state index contributed by atoms with van der Waals surface area (Å²) in [6.45, 7) is 0. The Bertz CT molecular complexity index is 472. The third-order valence-corrected chi connectivity index (χ3v) is 8.36. The van der Waals surface area contributed by atoms with Gasteiger partial charge in [-0.3, -0.25) is 0 Å². The molecule has 1 heterocycles. The van der Waals surface area contributed by atoms with Crippen LogP contribution in [0, 0.1) is 23.2 Å². The number of aliphatic hydroxyl groups excluding tert-OH is 1. The van der Waals surface area contributed by atoms with E-state index in [4.69, 9.17) is 11.6 Å². The molecule has 1 atom stereocenters. The van der Waals surface area contributed by atoms with Gasteiger partial charge in [0, 0.05) is 9.35 Å². The lowest BCUT2D eigenvalue weighted by Gasteiger charge is -2.57. The molecule has 4 bridgehead atoms. The van der Waals surface area contributed by atoms with Crippen LogP contribution in [0.3, 0.4) is 0 Å². The van der Waals surface area contributed by atoms with Crippen LogP contribution in [0.15, 0.2) is 10.5 Å². The van der Waals surface area contributed by atoms with Crippen molar-refractivity contribution >= 4 is 38.9 Å². The number of rotatable bonds is 3. The first kappa shape index (κ1) is 14.0. The van der Waals surface area contributed by atoms with Crippen LogP contribution in [0.2, 0.25) is 4.34 Å². The SMILES string of the molecule is OC(CC12CC3CC(CC(C3)C1)C2)c1cc(Br)c(Cl)s1. The van der Waals surface area contributed by atoms with Crippen molar-refractivity contribution in [3.8, 4) is 0 Å². The van der Waals surface area contributed by atoms with E-state index in [-0.39, 0.29) is 6.10 Å². The Hall–Kier alpha value is 0.430. The fraction of sp³-hybridized carbons (Fsp3) is 0.750. The first-order valence-corrected chi connectivity index (χ1v) is 9.64. The van der Waals surface area contributed by atoms with E-state index >= 15 is 0 Å². The van der Waals surface area contributed by atoms with E-state index < -0.39 is 0 Å². The third-order valence-electron chi connectivity index (χ3n) is 5.78. The predicted octanol–water partition coefficient (Wildman–Crippen LogP) is 5.80. The standard InChI is InChI=1S/C16H20BrClOS/c17-12-4-14(20-15(12)18)13(19)8-16-5-9-1-10(6-16)3-11(2-9)7-16/h4,9-11,13,19H,1-3,5-8H2. The van der Waals surface area contributed by atoms with Crippen LogP contribution in [0.25, 0.3) is 0 Å². The Morgan fingerprint density at radius 2 is 1.80 bits per heavy atom. The molecule has 20 heavy (non-hydrogen) atoms. The molecule has 4 saturated carbocycles. The Balaban J connectivity index is 1.53. The average Bonchev–Trinajstić information content (AvgIpc) is 2.67. The topological polar surface area (TPSA) is 20.2 Å². The third kappa shape index (κ3) is 2.39. The van der Waals surface area contributed by atoms with E-state index in [1.165, 1.54) is 49.9 Å². The van der Waals surface area contributed by atoms with Gasteiger partial charge in [-0.05, 0) is 90.1 Å². The number of thiophene rings is 1. The highest BCUT2D eigenvalue weighted by Gasteiger charge is 2.51. The average molecular weight is 376 g/mol. The normalized spacial score (nSPS) is 40.2. The fourth-order valence-electron chi connectivity index (χ4n) is 5.58. The highest BCUT2D eigenvalue weighted by atomic mass is 79.9. The van der Waals surface area contributed by atoms with Gasteiger partial charge in [-0.25, -0.2) is 0 Å². The summed E-state index contributed by atoms with van der Waals surface area (Å²) in [6, 6.07) is 2.00. The molecule has 1 unspecified atom stereocenters. The molecule has 4 fully saturated rings. The van der Waals surface area contributed by atoms with Gasteiger partial charge in [0.2, 0.25) is 0 Å². The highest BCUT2D eigenvalue weighted by molar-refractivity contribution is 9.10. The van der Waals surface area contributed by atoms with Crippen molar-refractivity contribution in [3.63, 3.8) is 0 Å². The Morgan fingerprint density at radius 1 is 1.25 bits per heavy atom. The molecule has 0 aromatic carbocycles. The molecule has 5 rings (SSSR count). The molecule has 0 saturated heterocycles. The lowest BCUT2D eigenvalue weighted by molar-refractivity contribution is -0.0760. The smallest absolute Gasteiger partial charge is 0.107 e. The molecule has 0 spiro atoms. The van der Waals surface area contributed by atoms with Crippen LogP contribution >= 0.6 is 38.9 Å². The second-order valence-corrected chi connectivity index (χ2v) is 9.95. The number of hydrogen-bond acceptors (Lipinski definition) is 2. The number of halogens is 2. The fourth-order valence-corrected chi connectivity index (χ4v) is 7.30. The zero-order valence-electron chi connectivity index (χ0n) is 11.4. The summed E-state index contributed by atoms with van der Waals surface area (Å²) in [5, 5.41) is 10.6. The Labute approximate surface area is 137 Å². The second kappa shape index (κ2) is 4.97. The van der Waals surface area contributed by atoms with Gasteiger partial charge in [-0.1, -0.05) is 11.6 Å². The molecule has 1 nitrogen and oxygen atoms in total. The monoisotopic (exact) mass is 374 g/mol. The molecule has 110 valence electrons. The molecule has 1 aromatic heterocycles. The summed E-state index contributed by atoms with van der Waals surface area (Å²) in [5.41, 5.74) is 0.428. The van der Waals surface area contributed by atoms with Crippen molar-refractivity contribution in [3.05, 3.63) is 19.8 Å². The van der Waals surface area contributed by atoms with E-state index in [0.29, 0.717) is 5.41 Å². The largest absolute Gasteiger partial charge is 0.388 e.